The molecular formula is C22H36Cl2N2O. The van der Waals surface area contributed by atoms with Gasteiger partial charge in [-0.05, 0) is 57.6 Å². The summed E-state index contributed by atoms with van der Waals surface area (Å²) in [4.78, 5) is 2.62. The lowest BCUT2D eigenvalue weighted by Crippen LogP contribution is -2.29. The summed E-state index contributed by atoms with van der Waals surface area (Å²) in [6, 6.07) is 14.4. The van der Waals surface area contributed by atoms with Gasteiger partial charge in [0.05, 0.1) is 6.54 Å². The molecule has 0 spiro atoms. The van der Waals surface area contributed by atoms with Crippen molar-refractivity contribution in [1.29, 1.82) is 0 Å². The Morgan fingerprint density at radius 1 is 0.815 bits per heavy atom. The smallest absolute Gasteiger partial charge is 0.134 e. The minimum absolute atomic E-state index is 0. The van der Waals surface area contributed by atoms with E-state index in [0.717, 1.165) is 30.2 Å². The Labute approximate surface area is 177 Å². The van der Waals surface area contributed by atoms with Gasteiger partial charge in [0, 0.05) is 5.56 Å². The molecule has 1 N–H and O–H groups in total. The molecule has 0 unspecified atom stereocenters. The van der Waals surface area contributed by atoms with Gasteiger partial charge < -0.3 is 14.6 Å². The highest BCUT2D eigenvalue weighted by Gasteiger charge is 2.05. The van der Waals surface area contributed by atoms with Crippen LogP contribution in [0.2, 0.25) is 0 Å². The van der Waals surface area contributed by atoms with Crippen LogP contribution in [0.25, 0.3) is 11.3 Å². The maximum atomic E-state index is 5.93. The van der Waals surface area contributed by atoms with Crippen LogP contribution in [0.1, 0.15) is 51.7 Å². The van der Waals surface area contributed by atoms with Crippen molar-refractivity contribution in [2.75, 3.05) is 26.2 Å². The topological polar surface area (TPSA) is 28.4 Å². The number of benzene rings is 1. The SMILES string of the molecule is CCCCN(CCCC)CCCNCc1ccc(-c2ccccc2)o1.Cl.Cl. The molecule has 0 aliphatic carbocycles. The van der Waals surface area contributed by atoms with E-state index in [2.05, 4.69) is 48.3 Å². The molecule has 27 heavy (non-hydrogen) atoms. The fourth-order valence-corrected chi connectivity index (χ4v) is 2.97. The maximum Gasteiger partial charge on any atom is 0.134 e. The predicted molar refractivity (Wildman–Crippen MR) is 121 cm³/mol. The van der Waals surface area contributed by atoms with E-state index in [1.165, 1.54) is 51.7 Å². The molecule has 5 heteroatoms. The highest BCUT2D eigenvalue weighted by atomic mass is 35.5. The van der Waals surface area contributed by atoms with Crippen LogP contribution < -0.4 is 5.32 Å². The average Bonchev–Trinajstić information content (AvgIpc) is 3.12. The summed E-state index contributed by atoms with van der Waals surface area (Å²) in [6.45, 7) is 10.1. The number of nitrogens with one attached hydrogen (secondary N) is 1. The van der Waals surface area contributed by atoms with E-state index >= 15 is 0 Å². The van der Waals surface area contributed by atoms with Gasteiger partial charge in [-0.3, -0.25) is 0 Å². The van der Waals surface area contributed by atoms with Gasteiger partial charge >= 0.3 is 0 Å². The van der Waals surface area contributed by atoms with Crippen LogP contribution in [0.3, 0.4) is 0 Å². The third-order valence-electron chi connectivity index (χ3n) is 4.50. The Balaban J connectivity index is 0.00000338. The van der Waals surface area contributed by atoms with Crippen LogP contribution >= 0.6 is 24.8 Å². The molecule has 0 bridgehead atoms. The second-order valence-corrected chi connectivity index (χ2v) is 6.71. The number of hydrogen-bond acceptors (Lipinski definition) is 3. The Morgan fingerprint density at radius 3 is 2.07 bits per heavy atom. The predicted octanol–water partition coefficient (Wildman–Crippen LogP) is 6.17. The number of furan rings is 1. The van der Waals surface area contributed by atoms with Crippen molar-refractivity contribution in [2.45, 2.75) is 52.5 Å². The third kappa shape index (κ3) is 10.2. The Hall–Kier alpha value is -1.000. The molecule has 0 radical (unpaired) electrons. The highest BCUT2D eigenvalue weighted by molar-refractivity contribution is 5.85. The van der Waals surface area contributed by atoms with E-state index in [1.807, 2.05) is 18.2 Å². The zero-order valence-corrected chi connectivity index (χ0v) is 18.4. The van der Waals surface area contributed by atoms with E-state index in [0.29, 0.717) is 0 Å². The minimum atomic E-state index is 0. The van der Waals surface area contributed by atoms with Gasteiger partial charge in [-0.2, -0.15) is 0 Å². The quantitative estimate of drug-likeness (QED) is 0.397. The van der Waals surface area contributed by atoms with Crippen LogP contribution in [-0.2, 0) is 6.54 Å². The lowest BCUT2D eigenvalue weighted by molar-refractivity contribution is 0.260. The van der Waals surface area contributed by atoms with E-state index in [-0.39, 0.29) is 24.8 Å². The molecule has 0 fully saturated rings. The molecule has 0 aliphatic rings. The van der Waals surface area contributed by atoms with E-state index in [9.17, 15) is 0 Å². The molecule has 154 valence electrons. The maximum absolute atomic E-state index is 5.93. The summed E-state index contributed by atoms with van der Waals surface area (Å²) in [6.07, 6.45) is 6.38. The average molecular weight is 415 g/mol. The Morgan fingerprint density at radius 2 is 1.44 bits per heavy atom. The second kappa shape index (κ2) is 16.0. The van der Waals surface area contributed by atoms with Crippen molar-refractivity contribution in [1.82, 2.24) is 10.2 Å². The molecular weight excluding hydrogens is 379 g/mol. The summed E-state index contributed by atoms with van der Waals surface area (Å²) < 4.78 is 5.93. The molecule has 1 heterocycles. The standard InChI is InChI=1S/C22H34N2O.2ClH/c1-3-5-16-24(17-6-4-2)18-10-15-23-19-21-13-14-22(25-21)20-11-8-7-9-12-20;;/h7-9,11-14,23H,3-6,10,15-19H2,1-2H3;2*1H. The first kappa shape index (κ1) is 26.0. The Bertz CT molecular complexity index is 567. The first-order valence-corrected chi connectivity index (χ1v) is 9.90. The van der Waals surface area contributed by atoms with Gasteiger partial charge in [0.2, 0.25) is 0 Å². The molecule has 3 nitrogen and oxygen atoms in total. The van der Waals surface area contributed by atoms with Crippen molar-refractivity contribution >= 4 is 24.8 Å². The van der Waals surface area contributed by atoms with Crippen molar-refractivity contribution in [3.63, 3.8) is 0 Å². The van der Waals surface area contributed by atoms with Gasteiger partial charge in [-0.1, -0.05) is 57.0 Å². The number of halogens is 2. The molecule has 1 aromatic heterocycles. The number of nitrogens with zero attached hydrogens (tertiary/aromatic N) is 1. The van der Waals surface area contributed by atoms with Gasteiger partial charge in [0.15, 0.2) is 0 Å². The molecule has 0 saturated heterocycles. The van der Waals surface area contributed by atoms with Crippen LogP contribution in [0.5, 0.6) is 0 Å². The Kier molecular flexibility index (Phi) is 15.4. The molecule has 0 amide bonds. The van der Waals surface area contributed by atoms with Crippen LogP contribution in [0, 0.1) is 0 Å². The third-order valence-corrected chi connectivity index (χ3v) is 4.50. The number of unbranched alkanes of at least 4 members (excludes halogenated alkanes) is 2. The van der Waals surface area contributed by atoms with Crippen LogP contribution in [0.15, 0.2) is 46.9 Å². The van der Waals surface area contributed by atoms with Gasteiger partial charge in [-0.15, -0.1) is 24.8 Å². The molecule has 1 aromatic carbocycles. The van der Waals surface area contributed by atoms with Crippen LogP contribution in [0.4, 0.5) is 0 Å². The van der Waals surface area contributed by atoms with Crippen LogP contribution in [-0.4, -0.2) is 31.1 Å². The molecule has 2 aromatic rings. The summed E-state index contributed by atoms with van der Waals surface area (Å²) in [5, 5.41) is 3.51. The highest BCUT2D eigenvalue weighted by Crippen LogP contribution is 2.21. The van der Waals surface area contributed by atoms with Crippen molar-refractivity contribution in [3.05, 3.63) is 48.2 Å². The van der Waals surface area contributed by atoms with Gasteiger partial charge in [0.25, 0.3) is 0 Å². The molecule has 0 aliphatic heterocycles. The van der Waals surface area contributed by atoms with E-state index in [1.54, 1.807) is 0 Å². The van der Waals surface area contributed by atoms with E-state index in [4.69, 9.17) is 4.42 Å². The van der Waals surface area contributed by atoms with Gasteiger partial charge in [-0.25, -0.2) is 0 Å². The lowest BCUT2D eigenvalue weighted by Gasteiger charge is -2.21. The molecule has 0 atom stereocenters. The van der Waals surface area contributed by atoms with Gasteiger partial charge in [0.1, 0.15) is 11.5 Å². The second-order valence-electron chi connectivity index (χ2n) is 6.71. The summed E-state index contributed by atoms with van der Waals surface area (Å²) in [5.41, 5.74) is 1.14. The van der Waals surface area contributed by atoms with E-state index < -0.39 is 0 Å². The first-order chi connectivity index (χ1) is 12.3. The summed E-state index contributed by atoms with van der Waals surface area (Å²) >= 11 is 0. The zero-order chi connectivity index (χ0) is 17.7. The zero-order valence-electron chi connectivity index (χ0n) is 16.8. The lowest BCUT2D eigenvalue weighted by atomic mass is 10.2. The normalized spacial score (nSPS) is 10.5. The first-order valence-electron chi connectivity index (χ1n) is 9.90. The number of hydrogen-bond donors (Lipinski definition) is 1. The fraction of sp³-hybridized carbons (Fsp3) is 0.545. The van der Waals surface area contributed by atoms with Crippen molar-refractivity contribution in [2.24, 2.45) is 0 Å². The number of rotatable bonds is 13. The summed E-state index contributed by atoms with van der Waals surface area (Å²) in [5.74, 6) is 1.95. The largest absolute Gasteiger partial charge is 0.460 e. The van der Waals surface area contributed by atoms with Crippen molar-refractivity contribution in [3.8, 4) is 11.3 Å². The molecule has 0 saturated carbocycles. The minimum Gasteiger partial charge on any atom is -0.460 e. The van der Waals surface area contributed by atoms with Crippen molar-refractivity contribution < 1.29 is 4.42 Å². The summed E-state index contributed by atoms with van der Waals surface area (Å²) in [7, 11) is 0. The molecule has 2 rings (SSSR count). The fourth-order valence-electron chi connectivity index (χ4n) is 2.97. The monoisotopic (exact) mass is 414 g/mol.